The lowest BCUT2D eigenvalue weighted by atomic mass is 10.7. The minimum atomic E-state index is -0.903. The molecule has 0 aromatic carbocycles. The minimum Gasteiger partial charge on any atom is -0.411 e. The average Bonchev–Trinajstić information content (AvgIpc) is 1.85. The molecule has 0 rings (SSSR count). The summed E-state index contributed by atoms with van der Waals surface area (Å²) >= 11 is 0. The largest absolute Gasteiger partial charge is 0.411 e. The van der Waals surface area contributed by atoms with Crippen LogP contribution in [0.1, 0.15) is 0 Å². The van der Waals surface area contributed by atoms with Gasteiger partial charge in [-0.05, 0) is 0 Å². The van der Waals surface area contributed by atoms with Crippen LogP contribution in [0.2, 0.25) is 0 Å². The summed E-state index contributed by atoms with van der Waals surface area (Å²) in [6, 6.07) is -0.903. The monoisotopic (exact) mass is 146 g/mol. The first-order chi connectivity index (χ1) is 4.66. The van der Waals surface area contributed by atoms with Gasteiger partial charge in [0.25, 0.3) is 5.91 Å². The lowest BCUT2D eigenvalue weighted by Gasteiger charge is -1.97. The van der Waals surface area contributed by atoms with Crippen LogP contribution in [0.15, 0.2) is 5.16 Å². The number of oxime groups is 1. The standard InChI is InChI=1S/C3H6N4O3/c4-3(9)7-6-2(8)1-5-10/h1,10H,(H,6,8)(H3,4,7,9)/b5-1+. The molecule has 7 nitrogen and oxygen atoms in total. The van der Waals surface area contributed by atoms with Crippen molar-refractivity contribution in [2.24, 2.45) is 10.9 Å². The van der Waals surface area contributed by atoms with Gasteiger partial charge >= 0.3 is 6.03 Å². The summed E-state index contributed by atoms with van der Waals surface area (Å²) < 4.78 is 0. The Morgan fingerprint density at radius 3 is 2.50 bits per heavy atom. The molecule has 5 N–H and O–H groups in total. The lowest BCUT2D eigenvalue weighted by molar-refractivity contribution is -0.115. The van der Waals surface area contributed by atoms with Crippen molar-refractivity contribution in [3.8, 4) is 0 Å². The molecule has 0 aromatic rings. The molecule has 56 valence electrons. The number of hydrazine groups is 1. The van der Waals surface area contributed by atoms with Crippen LogP contribution in [-0.4, -0.2) is 23.4 Å². The zero-order valence-corrected chi connectivity index (χ0v) is 4.87. The molecule has 0 atom stereocenters. The number of hydrogen-bond donors (Lipinski definition) is 4. The summed E-state index contributed by atoms with van der Waals surface area (Å²) in [7, 11) is 0. The molecule has 0 aromatic heterocycles. The van der Waals surface area contributed by atoms with Gasteiger partial charge in [0, 0.05) is 0 Å². The third-order valence-corrected chi connectivity index (χ3v) is 0.484. The Labute approximate surface area is 55.8 Å². The van der Waals surface area contributed by atoms with Crippen LogP contribution in [0.5, 0.6) is 0 Å². The van der Waals surface area contributed by atoms with Crippen molar-refractivity contribution in [3.05, 3.63) is 0 Å². The van der Waals surface area contributed by atoms with Crippen molar-refractivity contribution in [1.82, 2.24) is 10.9 Å². The predicted molar refractivity (Wildman–Crippen MR) is 31.1 cm³/mol. The second-order valence-corrected chi connectivity index (χ2v) is 1.22. The third-order valence-electron chi connectivity index (χ3n) is 0.484. The number of nitrogens with zero attached hydrogens (tertiary/aromatic N) is 1. The molecule has 7 heteroatoms. The Morgan fingerprint density at radius 1 is 1.50 bits per heavy atom. The molecule has 0 fully saturated rings. The number of carbonyl (C=O) groups is 2. The molecule has 3 amide bonds. The second kappa shape index (κ2) is 4.13. The van der Waals surface area contributed by atoms with Gasteiger partial charge in [-0.2, -0.15) is 0 Å². The molecule has 0 bridgehead atoms. The first kappa shape index (κ1) is 8.21. The molecule has 0 unspecified atom stereocenters. The molecular formula is C3H6N4O3. The molecule has 0 radical (unpaired) electrons. The van der Waals surface area contributed by atoms with Crippen LogP contribution in [-0.2, 0) is 4.79 Å². The van der Waals surface area contributed by atoms with E-state index in [1.54, 1.807) is 5.43 Å². The number of nitrogens with one attached hydrogen (secondary N) is 2. The predicted octanol–water partition coefficient (Wildman–Crippen LogP) is -1.85. The van der Waals surface area contributed by atoms with Crippen molar-refractivity contribution < 1.29 is 14.8 Å². The van der Waals surface area contributed by atoms with E-state index in [4.69, 9.17) is 5.21 Å². The van der Waals surface area contributed by atoms with Crippen molar-refractivity contribution in [3.63, 3.8) is 0 Å². The summed E-state index contributed by atoms with van der Waals surface area (Å²) in [4.78, 5) is 20.2. The Morgan fingerprint density at radius 2 is 2.10 bits per heavy atom. The van der Waals surface area contributed by atoms with Crippen molar-refractivity contribution in [2.45, 2.75) is 0 Å². The summed E-state index contributed by atoms with van der Waals surface area (Å²) in [6.07, 6.45) is 0.565. The van der Waals surface area contributed by atoms with E-state index >= 15 is 0 Å². The van der Waals surface area contributed by atoms with Crippen molar-refractivity contribution in [2.75, 3.05) is 0 Å². The summed E-state index contributed by atoms with van der Waals surface area (Å²) in [5.41, 5.74) is 8.14. The van der Waals surface area contributed by atoms with Gasteiger partial charge in [0.1, 0.15) is 6.21 Å². The highest BCUT2D eigenvalue weighted by Crippen LogP contribution is 1.55. The maximum absolute atomic E-state index is 10.3. The highest BCUT2D eigenvalue weighted by atomic mass is 16.4. The molecule has 0 aliphatic heterocycles. The van der Waals surface area contributed by atoms with Gasteiger partial charge in [0.05, 0.1) is 0 Å². The zero-order chi connectivity index (χ0) is 7.98. The van der Waals surface area contributed by atoms with E-state index in [1.165, 1.54) is 0 Å². The van der Waals surface area contributed by atoms with E-state index in [0.29, 0.717) is 6.21 Å². The van der Waals surface area contributed by atoms with Gasteiger partial charge in [-0.15, -0.1) is 0 Å². The van der Waals surface area contributed by atoms with Gasteiger partial charge in [-0.25, -0.2) is 10.2 Å². The Balaban J connectivity index is 3.50. The van der Waals surface area contributed by atoms with Gasteiger partial charge in [-0.1, -0.05) is 5.16 Å². The summed E-state index contributed by atoms with van der Waals surface area (Å²) in [5.74, 6) is -0.777. The van der Waals surface area contributed by atoms with Crippen molar-refractivity contribution in [1.29, 1.82) is 0 Å². The normalized spacial score (nSPS) is 9.20. The van der Waals surface area contributed by atoms with Gasteiger partial charge in [0.2, 0.25) is 0 Å². The van der Waals surface area contributed by atoms with Crippen LogP contribution in [0.3, 0.4) is 0 Å². The molecule has 0 aliphatic carbocycles. The first-order valence-electron chi connectivity index (χ1n) is 2.19. The Hall–Kier alpha value is -1.79. The highest BCUT2D eigenvalue weighted by Gasteiger charge is 1.94. The van der Waals surface area contributed by atoms with Gasteiger partial charge < -0.3 is 10.9 Å². The number of amides is 3. The fraction of sp³-hybridized carbons (Fsp3) is 0. The number of hydrogen-bond acceptors (Lipinski definition) is 4. The van der Waals surface area contributed by atoms with Crippen LogP contribution in [0.4, 0.5) is 4.79 Å². The molecule has 0 heterocycles. The van der Waals surface area contributed by atoms with Crippen LogP contribution in [0, 0.1) is 0 Å². The van der Waals surface area contributed by atoms with Gasteiger partial charge in [-0.3, -0.25) is 10.2 Å². The molecule has 0 aliphatic rings. The fourth-order valence-corrected chi connectivity index (χ4v) is 0.208. The van der Waals surface area contributed by atoms with E-state index in [1.807, 2.05) is 5.43 Å². The highest BCUT2D eigenvalue weighted by molar-refractivity contribution is 6.26. The quantitative estimate of drug-likeness (QED) is 0.197. The number of urea groups is 1. The molecule has 0 saturated heterocycles. The SMILES string of the molecule is NC(=O)NNC(=O)/C=N/O. The molecular weight excluding hydrogens is 140 g/mol. The average molecular weight is 146 g/mol. The molecule has 0 spiro atoms. The van der Waals surface area contributed by atoms with E-state index in [-0.39, 0.29) is 0 Å². The van der Waals surface area contributed by atoms with E-state index in [2.05, 4.69) is 10.9 Å². The topological polar surface area (TPSA) is 117 Å². The lowest BCUT2D eigenvalue weighted by Crippen LogP contribution is -2.44. The first-order valence-corrected chi connectivity index (χ1v) is 2.19. The van der Waals surface area contributed by atoms with Gasteiger partial charge in [0.15, 0.2) is 0 Å². The minimum absolute atomic E-state index is 0.565. The second-order valence-electron chi connectivity index (χ2n) is 1.22. The summed E-state index contributed by atoms with van der Waals surface area (Å²) in [6.45, 7) is 0. The van der Waals surface area contributed by atoms with E-state index in [0.717, 1.165) is 0 Å². The smallest absolute Gasteiger partial charge is 0.330 e. The van der Waals surface area contributed by atoms with Crippen molar-refractivity contribution >= 4 is 18.2 Å². The fourth-order valence-electron chi connectivity index (χ4n) is 0.208. The number of primary amides is 1. The number of carbonyl (C=O) groups excluding carboxylic acids is 2. The maximum atomic E-state index is 10.3. The maximum Gasteiger partial charge on any atom is 0.330 e. The van der Waals surface area contributed by atoms with E-state index in [9.17, 15) is 9.59 Å². The third kappa shape index (κ3) is 4.37. The van der Waals surface area contributed by atoms with Crippen LogP contribution >= 0.6 is 0 Å². The molecule has 0 saturated carbocycles. The van der Waals surface area contributed by atoms with E-state index < -0.39 is 11.9 Å². The Bertz CT molecular complexity index is 165. The summed E-state index contributed by atoms with van der Waals surface area (Å²) in [5, 5.41) is 10.2. The Kier molecular flexibility index (Phi) is 3.39. The number of nitrogens with two attached hydrogens (primary N) is 1. The van der Waals surface area contributed by atoms with Crippen LogP contribution in [0.25, 0.3) is 0 Å². The van der Waals surface area contributed by atoms with Crippen LogP contribution < -0.4 is 16.6 Å². The molecule has 10 heavy (non-hydrogen) atoms. The number of rotatable bonds is 1. The zero-order valence-electron chi connectivity index (χ0n) is 4.87.